The number of carbonyl (C=O) groups excluding carboxylic acids is 5. The summed E-state index contributed by atoms with van der Waals surface area (Å²) in [7, 11) is 0. The number of rotatable bonds is 3. The van der Waals surface area contributed by atoms with Gasteiger partial charge in [-0.25, -0.2) is 4.79 Å². The fourth-order valence-electron chi connectivity index (χ4n) is 12.4. The lowest BCUT2D eigenvalue weighted by Gasteiger charge is -2.65. The van der Waals surface area contributed by atoms with Crippen LogP contribution in [0.1, 0.15) is 61.8 Å². The van der Waals surface area contributed by atoms with Crippen molar-refractivity contribution in [3.8, 4) is 0 Å². The molecule has 49 heavy (non-hydrogen) atoms. The van der Waals surface area contributed by atoms with Gasteiger partial charge in [-0.2, -0.15) is 0 Å². The van der Waals surface area contributed by atoms with Gasteiger partial charge in [-0.1, -0.05) is 39.3 Å². The van der Waals surface area contributed by atoms with Gasteiger partial charge in [0.25, 0.3) is 0 Å². The van der Waals surface area contributed by atoms with Crippen LogP contribution in [0.2, 0.25) is 0 Å². The van der Waals surface area contributed by atoms with Crippen molar-refractivity contribution in [1.82, 2.24) is 0 Å². The molecule has 0 radical (unpaired) electrons. The van der Waals surface area contributed by atoms with Gasteiger partial charge in [0.2, 0.25) is 5.06 Å². The third kappa shape index (κ3) is 4.00. The van der Waals surface area contributed by atoms with Crippen molar-refractivity contribution >= 4 is 52.9 Å². The molecule has 7 rings (SSSR count). The average Bonchev–Trinajstić information content (AvgIpc) is 3.69. The third-order valence-electron chi connectivity index (χ3n) is 14.4. The minimum absolute atomic E-state index is 0.207. The second-order valence-corrected chi connectivity index (χ2v) is 17.4. The summed E-state index contributed by atoms with van der Waals surface area (Å²) in [6.45, 7) is 11.6. The van der Waals surface area contributed by atoms with Crippen LogP contribution in [0.25, 0.3) is 0 Å². The molecule has 0 amide bonds. The van der Waals surface area contributed by atoms with Crippen molar-refractivity contribution in [2.45, 2.75) is 121 Å². The van der Waals surface area contributed by atoms with E-state index in [1.165, 1.54) is 34.6 Å². The summed E-state index contributed by atoms with van der Waals surface area (Å²) >= 11 is 14.3. The number of halogens is 2. The standard InChI is InChI=1S/C34H44Cl2O13/c1-10-17-20(32(7)33(8,44)29(43)49-34(32,36)26(10)35)23(42)18-16-19(25(45-11(2)37)28(31(17,18)6)47-13(4)39)30(5)14(21(40)22(16)41)9-15-24(48-15)27(30)46-12(3)38/h10,14-20,22-28,41-42,44H,9H2,1-8H3/t10-,14+,15-,16?,17-,18+,19?,20-,22+,23+,24-,25-,26?,27-,28-,30-,31+,32-,33+,34?/m0/s1. The molecule has 0 bridgehead atoms. The number of ketones is 1. The van der Waals surface area contributed by atoms with Crippen LogP contribution in [0, 0.1) is 57.7 Å². The number of aliphatic hydroxyl groups is 3. The molecule has 2 aliphatic heterocycles. The molecule has 7 fully saturated rings. The number of fused-ring (bicyclic) bond motifs is 10. The van der Waals surface area contributed by atoms with E-state index < -0.39 is 146 Å². The van der Waals surface area contributed by atoms with E-state index in [0.717, 1.165) is 0 Å². The van der Waals surface area contributed by atoms with Gasteiger partial charge in [0.05, 0.1) is 23.0 Å². The monoisotopic (exact) mass is 730 g/mol. The van der Waals surface area contributed by atoms with Gasteiger partial charge >= 0.3 is 23.9 Å². The number of hydrogen-bond donors (Lipinski definition) is 3. The van der Waals surface area contributed by atoms with Gasteiger partial charge in [0, 0.05) is 61.2 Å². The summed E-state index contributed by atoms with van der Waals surface area (Å²) in [6.07, 6.45) is -7.62. The van der Waals surface area contributed by atoms with Crippen LogP contribution in [0.15, 0.2) is 0 Å². The molecule has 5 aliphatic carbocycles. The predicted octanol–water partition coefficient (Wildman–Crippen LogP) is 1.50. The smallest absolute Gasteiger partial charge is 0.340 e. The maximum absolute atomic E-state index is 14.4. The molecule has 20 atom stereocenters. The number of aliphatic hydroxyl groups excluding tert-OH is 2. The Balaban J connectivity index is 1.51. The molecule has 272 valence electrons. The summed E-state index contributed by atoms with van der Waals surface area (Å²) in [5.41, 5.74) is -6.77. The first-order valence-electron chi connectivity index (χ1n) is 16.9. The topological polar surface area (TPSA) is 195 Å². The highest BCUT2D eigenvalue weighted by atomic mass is 35.5. The molecule has 3 N–H and O–H groups in total. The predicted molar refractivity (Wildman–Crippen MR) is 166 cm³/mol. The molecule has 0 aromatic heterocycles. The maximum atomic E-state index is 14.4. The van der Waals surface area contributed by atoms with E-state index in [-0.39, 0.29) is 6.42 Å². The Morgan fingerprint density at radius 3 is 2.00 bits per heavy atom. The van der Waals surface area contributed by atoms with Crippen LogP contribution in [-0.4, -0.2) is 104 Å². The Labute approximate surface area is 293 Å². The molecular formula is C34H44Cl2O13. The molecule has 2 heterocycles. The highest BCUT2D eigenvalue weighted by Gasteiger charge is 2.87. The zero-order valence-corrected chi connectivity index (χ0v) is 30.1. The lowest BCUT2D eigenvalue weighted by atomic mass is 9.41. The maximum Gasteiger partial charge on any atom is 0.340 e. The summed E-state index contributed by atoms with van der Waals surface area (Å²) in [5, 5.41) is 33.7. The molecule has 15 heteroatoms. The Hall–Kier alpha value is -2.03. The summed E-state index contributed by atoms with van der Waals surface area (Å²) in [6, 6.07) is 0. The number of Topliss-reactive ketones (excluding diaryl/α,β-unsaturated/α-hetero) is 1. The summed E-state index contributed by atoms with van der Waals surface area (Å²) < 4.78 is 29.8. The van der Waals surface area contributed by atoms with Crippen molar-refractivity contribution in [3.05, 3.63) is 0 Å². The van der Waals surface area contributed by atoms with Crippen molar-refractivity contribution in [2.24, 2.45) is 57.7 Å². The lowest BCUT2D eigenvalue weighted by Crippen LogP contribution is -2.75. The van der Waals surface area contributed by atoms with E-state index in [0.29, 0.717) is 0 Å². The zero-order chi connectivity index (χ0) is 36.3. The van der Waals surface area contributed by atoms with Crippen LogP contribution in [-0.2, 0) is 47.7 Å². The first kappa shape index (κ1) is 35.4. The molecule has 0 aromatic carbocycles. The quantitative estimate of drug-likeness (QED) is 0.164. The highest BCUT2D eigenvalue weighted by molar-refractivity contribution is 6.33. The van der Waals surface area contributed by atoms with E-state index in [1.54, 1.807) is 20.8 Å². The van der Waals surface area contributed by atoms with Gasteiger partial charge < -0.3 is 39.0 Å². The Bertz CT molecular complexity index is 1540. The fraction of sp³-hybridized carbons (Fsp3) is 0.853. The number of carbonyl (C=O) groups is 5. The van der Waals surface area contributed by atoms with Crippen LogP contribution < -0.4 is 0 Å². The van der Waals surface area contributed by atoms with Crippen molar-refractivity contribution in [2.75, 3.05) is 0 Å². The molecule has 4 unspecified atom stereocenters. The fourth-order valence-corrected chi connectivity index (χ4v) is 13.4. The Kier molecular flexibility index (Phi) is 7.60. The van der Waals surface area contributed by atoms with E-state index in [2.05, 4.69) is 0 Å². The van der Waals surface area contributed by atoms with Crippen LogP contribution in [0.5, 0.6) is 0 Å². The van der Waals surface area contributed by atoms with E-state index in [9.17, 15) is 39.3 Å². The zero-order valence-electron chi connectivity index (χ0n) is 28.5. The average molecular weight is 732 g/mol. The van der Waals surface area contributed by atoms with Crippen LogP contribution >= 0.6 is 23.2 Å². The number of alkyl halides is 2. The third-order valence-corrected chi connectivity index (χ3v) is 15.9. The minimum atomic E-state index is -2.26. The number of hydrogen-bond acceptors (Lipinski definition) is 13. The molecule has 2 saturated heterocycles. The van der Waals surface area contributed by atoms with Crippen LogP contribution in [0.4, 0.5) is 0 Å². The second-order valence-electron chi connectivity index (χ2n) is 16.4. The Morgan fingerprint density at radius 2 is 1.43 bits per heavy atom. The summed E-state index contributed by atoms with van der Waals surface area (Å²) in [5.74, 6) is -10.5. The first-order valence-corrected chi connectivity index (χ1v) is 17.7. The molecule has 7 aliphatic rings. The van der Waals surface area contributed by atoms with Gasteiger partial charge in [-0.3, -0.25) is 19.2 Å². The van der Waals surface area contributed by atoms with Gasteiger partial charge in [0.15, 0.2) is 11.4 Å². The number of esters is 4. The molecule has 0 spiro atoms. The largest absolute Gasteiger partial charge is 0.459 e. The Morgan fingerprint density at radius 1 is 0.857 bits per heavy atom. The van der Waals surface area contributed by atoms with Crippen molar-refractivity contribution in [3.63, 3.8) is 0 Å². The molecular weight excluding hydrogens is 687 g/mol. The van der Waals surface area contributed by atoms with E-state index in [1.807, 2.05) is 0 Å². The molecule has 13 nitrogen and oxygen atoms in total. The lowest BCUT2D eigenvalue weighted by molar-refractivity contribution is -0.273. The minimum Gasteiger partial charge on any atom is -0.459 e. The van der Waals surface area contributed by atoms with Gasteiger partial charge in [0.1, 0.15) is 30.5 Å². The molecule has 0 aromatic rings. The van der Waals surface area contributed by atoms with Crippen LogP contribution in [0.3, 0.4) is 0 Å². The van der Waals surface area contributed by atoms with Gasteiger partial charge in [-0.15, -0.1) is 11.6 Å². The SMILES string of the molecule is CC(=O)O[C@H]1C2C([C@@H]3[C@@H](O)[C@@H]4[C@H]([C@H](C)C(Cl)C5(Cl)OC(=O)[C@@](C)(O)[C@]45C)[C@@]3(C)[C@H]1OC(C)=O)[C@@H](O)C(=O)[C@H]1C[C@@H]3O[C@@H]3[C@H](OC(C)=O)[C@]21C. The van der Waals surface area contributed by atoms with Crippen molar-refractivity contribution < 1.29 is 63.0 Å². The highest BCUT2D eigenvalue weighted by Crippen LogP contribution is 2.78. The number of ether oxygens (including phenoxy) is 5. The van der Waals surface area contributed by atoms with Crippen molar-refractivity contribution in [1.29, 1.82) is 0 Å². The summed E-state index contributed by atoms with van der Waals surface area (Å²) in [4.78, 5) is 66.3. The van der Waals surface area contributed by atoms with E-state index in [4.69, 9.17) is 46.9 Å². The second kappa shape index (κ2) is 10.5. The molecule has 5 saturated carbocycles. The first-order chi connectivity index (χ1) is 22.5. The van der Waals surface area contributed by atoms with E-state index >= 15 is 0 Å². The van der Waals surface area contributed by atoms with Gasteiger partial charge in [-0.05, 0) is 25.2 Å². The number of epoxide rings is 1. The normalized spacial score (nSPS) is 58.0.